The highest BCUT2D eigenvalue weighted by atomic mass is 19.4. The summed E-state index contributed by atoms with van der Waals surface area (Å²) in [5.74, 6) is -0.555. The Hall–Kier alpha value is -3.03. The quantitative estimate of drug-likeness (QED) is 0.799. The van der Waals surface area contributed by atoms with E-state index in [4.69, 9.17) is 0 Å². The Labute approximate surface area is 135 Å². The zero-order valence-electron chi connectivity index (χ0n) is 12.6. The Kier molecular flexibility index (Phi) is 5.08. The molecule has 0 aromatic heterocycles. The Morgan fingerprint density at radius 2 is 1.50 bits per heavy atom. The molecule has 3 amide bonds. The summed E-state index contributed by atoms with van der Waals surface area (Å²) in [4.78, 5) is 23.3. The second-order valence-corrected chi connectivity index (χ2v) is 4.81. The summed E-state index contributed by atoms with van der Waals surface area (Å²) < 4.78 is 37.5. The van der Waals surface area contributed by atoms with Crippen LogP contribution in [0.15, 0.2) is 48.5 Å². The van der Waals surface area contributed by atoms with Gasteiger partial charge in [0.15, 0.2) is 0 Å². The number of urea groups is 1. The molecule has 0 atom stereocenters. The van der Waals surface area contributed by atoms with Gasteiger partial charge in [-0.2, -0.15) is 13.2 Å². The predicted molar refractivity (Wildman–Crippen MR) is 83.9 cm³/mol. The van der Waals surface area contributed by atoms with Gasteiger partial charge in [-0.1, -0.05) is 6.07 Å². The van der Waals surface area contributed by atoms with Crippen LogP contribution in [0.1, 0.15) is 15.9 Å². The molecule has 0 spiro atoms. The van der Waals surface area contributed by atoms with Gasteiger partial charge in [0.25, 0.3) is 5.91 Å². The number of anilines is 2. The van der Waals surface area contributed by atoms with Crippen LogP contribution < -0.4 is 16.0 Å². The zero-order valence-corrected chi connectivity index (χ0v) is 12.6. The van der Waals surface area contributed by atoms with Gasteiger partial charge in [0.05, 0.1) is 5.56 Å². The normalized spacial score (nSPS) is 10.8. The molecule has 0 heterocycles. The van der Waals surface area contributed by atoms with Crippen LogP contribution in [0.5, 0.6) is 0 Å². The van der Waals surface area contributed by atoms with Gasteiger partial charge in [-0.3, -0.25) is 4.79 Å². The molecule has 3 N–H and O–H groups in total. The van der Waals surface area contributed by atoms with Crippen molar-refractivity contribution in [2.24, 2.45) is 0 Å². The maximum atomic E-state index is 12.5. The van der Waals surface area contributed by atoms with Gasteiger partial charge in [0.1, 0.15) is 0 Å². The fourth-order valence-electron chi connectivity index (χ4n) is 1.88. The van der Waals surface area contributed by atoms with Crippen LogP contribution >= 0.6 is 0 Å². The summed E-state index contributed by atoms with van der Waals surface area (Å²) in [6, 6.07) is 9.85. The number of halogens is 3. The molecule has 0 saturated carbocycles. The van der Waals surface area contributed by atoms with Crippen LogP contribution in [0.3, 0.4) is 0 Å². The number of amides is 3. The molecule has 0 aliphatic carbocycles. The van der Waals surface area contributed by atoms with Crippen molar-refractivity contribution >= 4 is 23.3 Å². The van der Waals surface area contributed by atoms with Gasteiger partial charge in [-0.25, -0.2) is 4.79 Å². The third-order valence-electron chi connectivity index (χ3n) is 3.08. The lowest BCUT2D eigenvalue weighted by molar-refractivity contribution is -0.137. The number of benzene rings is 2. The van der Waals surface area contributed by atoms with Gasteiger partial charge in [0.2, 0.25) is 0 Å². The van der Waals surface area contributed by atoms with Gasteiger partial charge in [0, 0.05) is 24.0 Å². The largest absolute Gasteiger partial charge is 0.416 e. The topological polar surface area (TPSA) is 70.2 Å². The highest BCUT2D eigenvalue weighted by Crippen LogP contribution is 2.29. The van der Waals surface area contributed by atoms with E-state index in [9.17, 15) is 22.8 Å². The summed E-state index contributed by atoms with van der Waals surface area (Å²) in [7, 11) is 1.46. The fraction of sp³-hybridized carbons (Fsp3) is 0.125. The number of carbonyl (C=O) groups excluding carboxylic acids is 2. The van der Waals surface area contributed by atoms with Gasteiger partial charge in [-0.05, 0) is 42.5 Å². The standard InChI is InChI=1S/C16H14F3N3O2/c1-20-15(24)22-13-4-2-3-12(9-13)21-14(23)10-5-7-11(8-6-10)16(17,18)19/h2-9H,1H3,(H,21,23)(H2,20,22,24). The summed E-state index contributed by atoms with van der Waals surface area (Å²) >= 11 is 0. The van der Waals surface area contributed by atoms with Crippen molar-refractivity contribution in [3.63, 3.8) is 0 Å². The molecule has 0 unspecified atom stereocenters. The average molecular weight is 337 g/mol. The number of alkyl halides is 3. The van der Waals surface area contributed by atoms with Crippen LogP contribution in [0.25, 0.3) is 0 Å². The molecule has 2 rings (SSSR count). The monoisotopic (exact) mass is 337 g/mol. The first kappa shape index (κ1) is 17.3. The number of nitrogens with one attached hydrogen (secondary N) is 3. The van der Waals surface area contributed by atoms with Crippen LogP contribution in [-0.4, -0.2) is 19.0 Å². The number of carbonyl (C=O) groups is 2. The lowest BCUT2D eigenvalue weighted by Crippen LogP contribution is -2.24. The van der Waals surface area contributed by atoms with Crippen molar-refractivity contribution < 1.29 is 22.8 Å². The molecular formula is C16H14F3N3O2. The number of hydrogen-bond donors (Lipinski definition) is 3. The molecule has 24 heavy (non-hydrogen) atoms. The second kappa shape index (κ2) is 7.03. The van der Waals surface area contributed by atoms with Crippen molar-refractivity contribution in [3.05, 3.63) is 59.7 Å². The molecule has 0 saturated heterocycles. The molecular weight excluding hydrogens is 323 g/mol. The van der Waals surface area contributed by atoms with E-state index in [1.807, 2.05) is 0 Å². The molecule has 5 nitrogen and oxygen atoms in total. The van der Waals surface area contributed by atoms with Crippen LogP contribution in [0.2, 0.25) is 0 Å². The maximum Gasteiger partial charge on any atom is 0.416 e. The summed E-state index contributed by atoms with van der Waals surface area (Å²) in [5.41, 5.74) is 0.122. The van der Waals surface area contributed by atoms with Crippen LogP contribution in [0.4, 0.5) is 29.3 Å². The van der Waals surface area contributed by atoms with E-state index in [0.29, 0.717) is 11.4 Å². The number of hydrogen-bond acceptors (Lipinski definition) is 2. The van der Waals surface area contributed by atoms with Crippen molar-refractivity contribution in [2.45, 2.75) is 6.18 Å². The molecule has 2 aromatic carbocycles. The molecule has 0 aliphatic heterocycles. The molecule has 8 heteroatoms. The van der Waals surface area contributed by atoms with Crippen LogP contribution in [0, 0.1) is 0 Å². The Morgan fingerprint density at radius 1 is 0.917 bits per heavy atom. The summed E-state index contributed by atoms with van der Waals surface area (Å²) in [6.45, 7) is 0. The predicted octanol–water partition coefficient (Wildman–Crippen LogP) is 3.71. The molecule has 0 aliphatic rings. The maximum absolute atomic E-state index is 12.5. The minimum Gasteiger partial charge on any atom is -0.341 e. The van der Waals surface area contributed by atoms with Gasteiger partial charge < -0.3 is 16.0 Å². The van der Waals surface area contributed by atoms with E-state index >= 15 is 0 Å². The van der Waals surface area contributed by atoms with E-state index in [0.717, 1.165) is 24.3 Å². The minimum atomic E-state index is -4.45. The molecule has 0 bridgehead atoms. The summed E-state index contributed by atoms with van der Waals surface area (Å²) in [6.07, 6.45) is -4.45. The Morgan fingerprint density at radius 3 is 2.04 bits per heavy atom. The molecule has 0 fully saturated rings. The van der Waals surface area contributed by atoms with E-state index in [-0.39, 0.29) is 5.56 Å². The van der Waals surface area contributed by atoms with E-state index in [2.05, 4.69) is 16.0 Å². The second-order valence-electron chi connectivity index (χ2n) is 4.81. The number of rotatable bonds is 3. The van der Waals surface area contributed by atoms with Crippen molar-refractivity contribution in [1.29, 1.82) is 0 Å². The van der Waals surface area contributed by atoms with Crippen LogP contribution in [-0.2, 0) is 6.18 Å². The first-order valence-electron chi connectivity index (χ1n) is 6.87. The minimum absolute atomic E-state index is 0.0904. The van der Waals surface area contributed by atoms with Crippen molar-refractivity contribution in [3.8, 4) is 0 Å². The lowest BCUT2D eigenvalue weighted by Gasteiger charge is -2.10. The van der Waals surface area contributed by atoms with E-state index in [1.54, 1.807) is 18.2 Å². The fourth-order valence-corrected chi connectivity index (χ4v) is 1.88. The average Bonchev–Trinajstić information content (AvgIpc) is 2.54. The molecule has 0 radical (unpaired) electrons. The summed E-state index contributed by atoms with van der Waals surface area (Å²) in [5, 5.41) is 7.49. The third-order valence-corrected chi connectivity index (χ3v) is 3.08. The van der Waals surface area contributed by atoms with Crippen molar-refractivity contribution in [1.82, 2.24) is 5.32 Å². The van der Waals surface area contributed by atoms with E-state index in [1.165, 1.54) is 13.1 Å². The van der Waals surface area contributed by atoms with Gasteiger partial charge in [-0.15, -0.1) is 0 Å². The highest BCUT2D eigenvalue weighted by Gasteiger charge is 2.30. The van der Waals surface area contributed by atoms with Gasteiger partial charge >= 0.3 is 12.2 Å². The Bertz CT molecular complexity index is 743. The lowest BCUT2D eigenvalue weighted by atomic mass is 10.1. The highest BCUT2D eigenvalue weighted by molar-refractivity contribution is 6.04. The molecule has 126 valence electrons. The first-order chi connectivity index (χ1) is 11.3. The Balaban J connectivity index is 2.09. The third kappa shape index (κ3) is 4.48. The SMILES string of the molecule is CNC(=O)Nc1cccc(NC(=O)c2ccc(C(F)(F)F)cc2)c1. The zero-order chi connectivity index (χ0) is 17.7. The molecule has 2 aromatic rings. The smallest absolute Gasteiger partial charge is 0.341 e. The first-order valence-corrected chi connectivity index (χ1v) is 6.87. The van der Waals surface area contributed by atoms with E-state index < -0.39 is 23.7 Å². The van der Waals surface area contributed by atoms with Crippen molar-refractivity contribution in [2.75, 3.05) is 17.7 Å².